The van der Waals surface area contributed by atoms with Gasteiger partial charge in [-0.1, -0.05) is 35.9 Å². The highest BCUT2D eigenvalue weighted by Gasteiger charge is 2.28. The fourth-order valence-electron chi connectivity index (χ4n) is 3.38. The molecule has 1 heterocycles. The summed E-state index contributed by atoms with van der Waals surface area (Å²) in [7, 11) is 0. The minimum atomic E-state index is -0.0713. The SMILES string of the molecule is Cc1ccc(C2OCCCC2CNC(=O)c2cc(N)ccc2C)cc1.Cl. The van der Waals surface area contributed by atoms with E-state index in [0.717, 1.165) is 25.0 Å². The summed E-state index contributed by atoms with van der Waals surface area (Å²) in [4.78, 5) is 12.5. The highest BCUT2D eigenvalue weighted by molar-refractivity contribution is 5.96. The number of nitrogens with two attached hydrogens (primary N) is 1. The van der Waals surface area contributed by atoms with Crippen molar-refractivity contribution < 1.29 is 9.53 Å². The number of rotatable bonds is 4. The molecule has 1 aliphatic heterocycles. The van der Waals surface area contributed by atoms with E-state index in [1.807, 2.05) is 19.1 Å². The zero-order valence-corrected chi connectivity index (χ0v) is 16.1. The summed E-state index contributed by atoms with van der Waals surface area (Å²) in [6, 6.07) is 13.9. The number of hydrogen-bond acceptors (Lipinski definition) is 3. The lowest BCUT2D eigenvalue weighted by molar-refractivity contribution is -0.0272. The molecule has 0 saturated carbocycles. The van der Waals surface area contributed by atoms with Gasteiger partial charge < -0.3 is 15.8 Å². The first-order valence-electron chi connectivity index (χ1n) is 8.87. The maximum Gasteiger partial charge on any atom is 0.251 e. The second kappa shape index (κ2) is 9.06. The number of halogens is 1. The number of benzene rings is 2. The third kappa shape index (κ3) is 4.77. The predicted molar refractivity (Wildman–Crippen MR) is 108 cm³/mol. The molecule has 1 saturated heterocycles. The largest absolute Gasteiger partial charge is 0.399 e. The molecule has 0 spiro atoms. The van der Waals surface area contributed by atoms with E-state index in [2.05, 4.69) is 36.5 Å². The molecule has 0 radical (unpaired) electrons. The van der Waals surface area contributed by atoms with E-state index in [0.29, 0.717) is 17.8 Å². The Kier molecular flexibility index (Phi) is 7.06. The zero-order chi connectivity index (χ0) is 17.8. The van der Waals surface area contributed by atoms with Crippen molar-refractivity contribution in [2.75, 3.05) is 18.9 Å². The summed E-state index contributed by atoms with van der Waals surface area (Å²) in [6.07, 6.45) is 2.12. The van der Waals surface area contributed by atoms with E-state index in [1.165, 1.54) is 11.1 Å². The monoisotopic (exact) mass is 374 g/mol. The molecule has 1 aliphatic rings. The smallest absolute Gasteiger partial charge is 0.251 e. The molecular weight excluding hydrogens is 348 g/mol. The van der Waals surface area contributed by atoms with E-state index < -0.39 is 0 Å². The van der Waals surface area contributed by atoms with Crippen LogP contribution in [0.5, 0.6) is 0 Å². The summed E-state index contributed by atoms with van der Waals surface area (Å²) < 4.78 is 6.03. The molecule has 2 unspecified atom stereocenters. The van der Waals surface area contributed by atoms with E-state index >= 15 is 0 Å². The number of amides is 1. The van der Waals surface area contributed by atoms with Gasteiger partial charge in [0.25, 0.3) is 5.91 Å². The average molecular weight is 375 g/mol. The van der Waals surface area contributed by atoms with Crippen molar-refractivity contribution in [3.63, 3.8) is 0 Å². The molecule has 1 fully saturated rings. The number of carbonyl (C=O) groups is 1. The molecule has 0 aromatic heterocycles. The average Bonchev–Trinajstić information content (AvgIpc) is 2.63. The lowest BCUT2D eigenvalue weighted by Gasteiger charge is -2.32. The standard InChI is InChI=1S/C21H26N2O2.ClH/c1-14-5-8-16(9-6-14)20-17(4-3-11-25-20)13-23-21(24)19-12-18(22)10-7-15(19)2;/h5-10,12,17,20H,3-4,11,13,22H2,1-2H3,(H,23,24);1H. The van der Waals surface area contributed by atoms with Gasteiger partial charge in [0.1, 0.15) is 0 Å². The Morgan fingerprint density at radius 1 is 1.19 bits per heavy atom. The number of aryl methyl sites for hydroxylation is 2. The van der Waals surface area contributed by atoms with Crippen molar-refractivity contribution in [1.29, 1.82) is 0 Å². The summed E-state index contributed by atoms with van der Waals surface area (Å²) in [6.45, 7) is 5.38. The van der Waals surface area contributed by atoms with Crippen LogP contribution in [0.1, 0.15) is 46.0 Å². The van der Waals surface area contributed by atoms with E-state index in [1.54, 1.807) is 6.07 Å². The Balaban J connectivity index is 0.00000243. The van der Waals surface area contributed by atoms with Crippen LogP contribution in [-0.4, -0.2) is 19.1 Å². The van der Waals surface area contributed by atoms with Gasteiger partial charge in [-0.3, -0.25) is 4.79 Å². The van der Waals surface area contributed by atoms with Crippen LogP contribution in [0.15, 0.2) is 42.5 Å². The third-order valence-electron chi connectivity index (χ3n) is 4.88. The van der Waals surface area contributed by atoms with E-state index in [9.17, 15) is 4.79 Å². The summed E-state index contributed by atoms with van der Waals surface area (Å²) in [5.74, 6) is 0.208. The van der Waals surface area contributed by atoms with Crippen LogP contribution < -0.4 is 11.1 Å². The quantitative estimate of drug-likeness (QED) is 0.788. The molecule has 2 aromatic rings. The lowest BCUT2D eigenvalue weighted by atomic mass is 9.89. The lowest BCUT2D eigenvalue weighted by Crippen LogP contribution is -2.35. The minimum absolute atomic E-state index is 0. The van der Waals surface area contributed by atoms with Crippen LogP contribution in [0, 0.1) is 19.8 Å². The molecule has 5 heteroatoms. The van der Waals surface area contributed by atoms with Crippen molar-refractivity contribution in [2.45, 2.75) is 32.8 Å². The van der Waals surface area contributed by atoms with E-state index in [4.69, 9.17) is 10.5 Å². The molecule has 0 bridgehead atoms. The van der Waals surface area contributed by atoms with E-state index in [-0.39, 0.29) is 30.3 Å². The van der Waals surface area contributed by atoms with Gasteiger partial charge >= 0.3 is 0 Å². The third-order valence-corrected chi connectivity index (χ3v) is 4.88. The molecule has 26 heavy (non-hydrogen) atoms. The van der Waals surface area contributed by atoms with Crippen LogP contribution >= 0.6 is 12.4 Å². The Morgan fingerprint density at radius 2 is 1.92 bits per heavy atom. The molecular formula is C21H27ClN2O2. The van der Waals surface area contributed by atoms with Gasteiger partial charge in [-0.25, -0.2) is 0 Å². The van der Waals surface area contributed by atoms with Gasteiger partial charge in [0.2, 0.25) is 0 Å². The van der Waals surface area contributed by atoms with Gasteiger partial charge in [-0.15, -0.1) is 12.4 Å². The second-order valence-corrected chi connectivity index (χ2v) is 6.89. The molecule has 140 valence electrons. The first-order chi connectivity index (χ1) is 12.0. The summed E-state index contributed by atoms with van der Waals surface area (Å²) >= 11 is 0. The Hall–Kier alpha value is -2.04. The fourth-order valence-corrected chi connectivity index (χ4v) is 3.38. The number of nitrogen functional groups attached to an aromatic ring is 1. The predicted octanol–water partition coefficient (Wildman–Crippen LogP) is 4.21. The van der Waals surface area contributed by atoms with Crippen molar-refractivity contribution in [1.82, 2.24) is 5.32 Å². The van der Waals surface area contributed by atoms with Crippen molar-refractivity contribution in [3.8, 4) is 0 Å². The molecule has 3 rings (SSSR count). The number of carbonyl (C=O) groups excluding carboxylic acids is 1. The van der Waals surface area contributed by atoms with Crippen LogP contribution in [-0.2, 0) is 4.74 Å². The first-order valence-corrected chi connectivity index (χ1v) is 8.87. The van der Waals surface area contributed by atoms with Crippen molar-refractivity contribution in [2.24, 2.45) is 5.92 Å². The number of hydrogen-bond donors (Lipinski definition) is 2. The number of nitrogens with one attached hydrogen (secondary N) is 1. The van der Waals surface area contributed by atoms with Crippen LogP contribution in [0.25, 0.3) is 0 Å². The maximum atomic E-state index is 12.5. The van der Waals surface area contributed by atoms with Gasteiger partial charge in [-0.05, 0) is 49.9 Å². The molecule has 0 aliphatic carbocycles. The van der Waals surface area contributed by atoms with Gasteiger partial charge in [0.15, 0.2) is 0 Å². The summed E-state index contributed by atoms with van der Waals surface area (Å²) in [5, 5.41) is 3.07. The fraction of sp³-hybridized carbons (Fsp3) is 0.381. The maximum absolute atomic E-state index is 12.5. The molecule has 2 atom stereocenters. The normalized spacial score (nSPS) is 19.5. The van der Waals surface area contributed by atoms with Gasteiger partial charge in [0.05, 0.1) is 6.10 Å². The number of anilines is 1. The minimum Gasteiger partial charge on any atom is -0.399 e. The van der Waals surface area contributed by atoms with Crippen molar-refractivity contribution >= 4 is 24.0 Å². The Morgan fingerprint density at radius 3 is 2.65 bits per heavy atom. The summed E-state index contributed by atoms with van der Waals surface area (Å²) in [5.41, 5.74) is 10.4. The van der Waals surface area contributed by atoms with Crippen molar-refractivity contribution in [3.05, 3.63) is 64.7 Å². The topological polar surface area (TPSA) is 64.3 Å². The molecule has 2 aromatic carbocycles. The number of ether oxygens (including phenoxy) is 1. The molecule has 1 amide bonds. The van der Waals surface area contributed by atoms with Crippen LogP contribution in [0.3, 0.4) is 0 Å². The highest BCUT2D eigenvalue weighted by atomic mass is 35.5. The van der Waals surface area contributed by atoms with Gasteiger partial charge in [-0.2, -0.15) is 0 Å². The van der Waals surface area contributed by atoms with Gasteiger partial charge in [0, 0.05) is 30.3 Å². The van der Waals surface area contributed by atoms with Crippen LogP contribution in [0.2, 0.25) is 0 Å². The highest BCUT2D eigenvalue weighted by Crippen LogP contribution is 2.33. The molecule has 3 N–H and O–H groups in total. The first kappa shape index (κ1) is 20.3. The second-order valence-electron chi connectivity index (χ2n) is 6.89. The Labute approximate surface area is 161 Å². The Bertz CT molecular complexity index is 746. The van der Waals surface area contributed by atoms with Crippen LogP contribution in [0.4, 0.5) is 5.69 Å². The zero-order valence-electron chi connectivity index (χ0n) is 15.3. The molecule has 4 nitrogen and oxygen atoms in total.